The number of aromatic nitrogens is 7. The zero-order valence-electron chi connectivity index (χ0n) is 71.2. The molecule has 0 aliphatic carbocycles. The van der Waals surface area contributed by atoms with Gasteiger partial charge in [0.25, 0.3) is 23.6 Å². The third-order valence-corrected chi connectivity index (χ3v) is 31.4. The van der Waals surface area contributed by atoms with Crippen LogP contribution in [-0.2, 0) is 40.1 Å². The molecule has 28 nitrogen and oxygen atoms in total. The highest BCUT2D eigenvalue weighted by molar-refractivity contribution is 7.93. The minimum atomic E-state index is -3.39. The molecule has 4 saturated heterocycles. The number of carbonyl (C=O) groups excluding carboxylic acids is 4. The molecule has 4 amide bonds. The Balaban J connectivity index is 0.000000135. The van der Waals surface area contributed by atoms with Crippen LogP contribution in [0, 0.1) is 6.57 Å². The summed E-state index contributed by atoms with van der Waals surface area (Å²) in [5.41, 5.74) is 14.4. The van der Waals surface area contributed by atoms with Gasteiger partial charge >= 0.3 is 0 Å². The highest BCUT2D eigenvalue weighted by Crippen LogP contribution is 2.38. The van der Waals surface area contributed by atoms with Gasteiger partial charge in [0.2, 0.25) is 40.1 Å². The Morgan fingerprint density at radius 3 is 1.32 bits per heavy atom. The Bertz CT molecular complexity index is 7220. The number of halogens is 5. The molecule has 0 atom stereocenters. The first-order valence-corrected chi connectivity index (χ1v) is 50.9. The van der Waals surface area contributed by atoms with Crippen LogP contribution < -0.4 is 38.5 Å². The largest absolute Gasteiger partial charge is 0.360 e. The predicted molar refractivity (Wildman–Crippen MR) is 528 cm³/mol. The number of hydrogen-bond acceptors (Lipinski definition) is 17. The number of anilines is 8. The van der Waals surface area contributed by atoms with Crippen LogP contribution in [0.3, 0.4) is 0 Å². The number of amides is 4. The molecule has 10 heterocycles. The summed E-state index contributed by atoms with van der Waals surface area (Å²) < 4.78 is 108. The van der Waals surface area contributed by atoms with E-state index in [0.717, 1.165) is 79.2 Å². The first kappa shape index (κ1) is 94.8. The Kier molecular flexibility index (Phi) is 30.2. The van der Waals surface area contributed by atoms with Crippen LogP contribution in [0.5, 0.6) is 0 Å². The van der Waals surface area contributed by atoms with E-state index >= 15 is 0 Å². The SMILES string of the molecule is O=C(Nc1ccc(Cl)c(-c2ccc(Cl)cn2)c1)c1ccc(N2CCCCCS2(=O)=O)cc1.O=C(Nc1ccc(Cl)c(-c2ccc3[nH]ccc3n2)c1)c1ccc(N2CCCCCS2(=O)=O)cc1.O=C(Nc1cccc(-c2ncnn3cccc23)c1)c1ccc(N2CCCCCS2(=O)=O)cc1Cl.[C-]#[N+]c1ccnc(-c2cc(NC(=O)c3ccc(N4CCCCCS4(=O)=O)cc3)ccc2Cl)c1. The summed E-state index contributed by atoms with van der Waals surface area (Å²) in [5, 5.41) is 17.8. The van der Waals surface area contributed by atoms with Gasteiger partial charge in [0.05, 0.1) is 122 Å². The lowest BCUT2D eigenvalue weighted by Crippen LogP contribution is -2.32. The molecule has 0 spiro atoms. The van der Waals surface area contributed by atoms with Gasteiger partial charge < -0.3 is 26.3 Å². The summed E-state index contributed by atoms with van der Waals surface area (Å²) >= 11 is 31.4. The molecule has 6 aromatic heterocycles. The second-order valence-corrected chi connectivity index (χ2v) is 41.6. The smallest absolute Gasteiger partial charge is 0.257 e. The first-order valence-electron chi connectivity index (χ1n) is 42.6. The number of fused-ring (bicyclic) bond motifs is 2. The van der Waals surface area contributed by atoms with Crippen molar-refractivity contribution >= 4 is 189 Å². The van der Waals surface area contributed by atoms with Gasteiger partial charge in [-0.1, -0.05) is 95.8 Å². The number of nitrogens with zero attached hydrogens (tertiary/aromatic N) is 11. The quantitative estimate of drug-likeness (QED) is 0.0561. The number of aromatic amines is 1. The first-order chi connectivity index (χ1) is 64.0. The van der Waals surface area contributed by atoms with Crippen LogP contribution in [0.2, 0.25) is 25.1 Å². The second-order valence-electron chi connectivity index (χ2n) is 31.5. The van der Waals surface area contributed by atoms with Crippen molar-refractivity contribution < 1.29 is 52.8 Å². The minimum absolute atomic E-state index is 0.116. The van der Waals surface area contributed by atoms with E-state index in [-0.39, 0.29) is 57.2 Å². The average Bonchev–Trinajstić information content (AvgIpc) is 1.63. The molecule has 5 N–H and O–H groups in total. The lowest BCUT2D eigenvalue weighted by molar-refractivity contribution is 0.101. The van der Waals surface area contributed by atoms with E-state index in [2.05, 4.69) is 56.1 Å². The molecule has 14 aromatic rings. The van der Waals surface area contributed by atoms with Crippen molar-refractivity contribution in [1.82, 2.24) is 34.5 Å². The van der Waals surface area contributed by atoms with Crippen LogP contribution in [0.15, 0.2) is 256 Å². The molecule has 682 valence electrons. The molecule has 0 bridgehead atoms. The summed E-state index contributed by atoms with van der Waals surface area (Å²) in [6.45, 7) is 8.95. The van der Waals surface area contributed by atoms with Gasteiger partial charge in [0.1, 0.15) is 6.33 Å². The van der Waals surface area contributed by atoms with Crippen LogP contribution >= 0.6 is 58.0 Å². The molecule has 37 heteroatoms. The van der Waals surface area contributed by atoms with E-state index in [4.69, 9.17) is 64.6 Å². The molecule has 0 saturated carbocycles. The number of carbonyl (C=O) groups is 4. The Morgan fingerprint density at radius 1 is 0.391 bits per heavy atom. The third-order valence-electron chi connectivity index (χ3n) is 22.4. The van der Waals surface area contributed by atoms with Gasteiger partial charge in [-0.3, -0.25) is 46.4 Å². The van der Waals surface area contributed by atoms with Crippen LogP contribution in [0.4, 0.5) is 51.2 Å². The van der Waals surface area contributed by atoms with Gasteiger partial charge in [0.15, 0.2) is 5.69 Å². The monoisotopic (exact) mass is 1960 g/mol. The minimum Gasteiger partial charge on any atom is -0.360 e. The highest BCUT2D eigenvalue weighted by Gasteiger charge is 2.31. The topological polar surface area (TPSA) is 355 Å². The Morgan fingerprint density at radius 2 is 0.842 bits per heavy atom. The summed E-state index contributed by atoms with van der Waals surface area (Å²) in [6.07, 6.45) is 17.7. The zero-order chi connectivity index (χ0) is 93.6. The number of pyridine rings is 3. The standard InChI is InChI=1S/C25H23ClN4O3S.C24H22ClN5O3S.C24H21ClN4O3S.C23H21Cl2N3O3S/c26-21-9-6-18(16-20(21)22-10-11-23-24(29-22)12-13-27-23)28-25(31)17-4-7-19(8-5-17)30-14-2-1-3-15-34(30,32)33;25-21-15-19(30-12-2-1-3-13-34(30,32)33)9-10-20(21)24(31)28-18-7-4-6-17(14-18)23-22-8-5-11-29(22)27-16-26-23;1-26-18-11-12-27-23(16-18)21-15-19(7-10-22(21)25)28-24(30)17-5-8-20(9-6-17)29-13-3-2-4-14-33(29,31)32;24-17-6-11-22(26-15-17)20-14-18(7-10-21(20)25)27-23(29)16-4-8-19(9-5-16)28-12-2-1-3-13-32(28,30)31/h4-13,16,27H,1-3,14-15H2,(H,28,31);4-11,14-16H,1-3,12-13H2,(H,28,31);5-12,15-16H,2-4,13-14H2,(H,28,30);4-11,14-15H,1-3,12-13H2,(H,27,29). The molecular formula is C96H87Cl5N16O12S4. The molecule has 18 rings (SSSR count). The molecule has 133 heavy (non-hydrogen) atoms. The fraction of sp³-hybridized carbons (Fsp3) is 0.208. The number of nitrogens with one attached hydrogen (secondary N) is 5. The van der Waals surface area contributed by atoms with Crippen LogP contribution in [-0.4, -0.2) is 141 Å². The molecular weight excluding hydrogens is 1870 g/mol. The number of hydrogen-bond donors (Lipinski definition) is 5. The fourth-order valence-corrected chi connectivity index (χ4v) is 23.1. The van der Waals surface area contributed by atoms with E-state index in [9.17, 15) is 52.8 Å². The third kappa shape index (κ3) is 23.5. The van der Waals surface area contributed by atoms with Crippen molar-refractivity contribution in [2.24, 2.45) is 0 Å². The molecule has 4 fully saturated rings. The van der Waals surface area contributed by atoms with E-state index < -0.39 is 40.1 Å². The summed E-state index contributed by atoms with van der Waals surface area (Å²) in [7, 11) is -13.4. The summed E-state index contributed by atoms with van der Waals surface area (Å²) in [5.74, 6) is -0.775. The van der Waals surface area contributed by atoms with Gasteiger partial charge in [-0.25, -0.2) is 53.0 Å². The average molecular weight is 1960 g/mol. The highest BCUT2D eigenvalue weighted by atomic mass is 35.5. The molecule has 4 aliphatic rings. The van der Waals surface area contributed by atoms with Gasteiger partial charge in [-0.15, -0.1) is 0 Å². The van der Waals surface area contributed by atoms with Crippen molar-refractivity contribution in [2.45, 2.75) is 77.0 Å². The van der Waals surface area contributed by atoms with Crippen molar-refractivity contribution in [2.75, 3.05) is 87.7 Å². The molecule has 8 aromatic carbocycles. The van der Waals surface area contributed by atoms with Crippen LogP contribution in [0.25, 0.3) is 66.4 Å². The normalized spacial score (nSPS) is 15.6. The van der Waals surface area contributed by atoms with Gasteiger partial charge in [-0.2, -0.15) is 5.10 Å². The molecule has 0 unspecified atom stereocenters. The van der Waals surface area contributed by atoms with Crippen molar-refractivity contribution in [3.63, 3.8) is 0 Å². The molecule has 4 aliphatic heterocycles. The maximum absolute atomic E-state index is 13.0. The van der Waals surface area contributed by atoms with Crippen LogP contribution in [0.1, 0.15) is 118 Å². The number of rotatable bonds is 16. The van der Waals surface area contributed by atoms with Gasteiger partial charge in [-0.05, 0) is 264 Å². The van der Waals surface area contributed by atoms with Gasteiger partial charge in [0, 0.05) is 113 Å². The number of sulfonamides is 4. The fourth-order valence-electron chi connectivity index (χ4n) is 15.5. The maximum atomic E-state index is 13.0. The summed E-state index contributed by atoms with van der Waals surface area (Å²) in [4.78, 5) is 75.5. The zero-order valence-corrected chi connectivity index (χ0v) is 78.3. The molecule has 0 radical (unpaired) electrons. The maximum Gasteiger partial charge on any atom is 0.257 e. The lowest BCUT2D eigenvalue weighted by atomic mass is 10.1. The second kappa shape index (κ2) is 42.4. The number of H-pyrrole nitrogens is 1. The Labute approximate surface area is 794 Å². The predicted octanol–water partition coefficient (Wildman–Crippen LogP) is 21.2. The van der Waals surface area contributed by atoms with Crippen molar-refractivity contribution in [1.29, 1.82) is 0 Å². The Hall–Kier alpha value is -12.8. The lowest BCUT2D eigenvalue weighted by Gasteiger charge is -2.22. The van der Waals surface area contributed by atoms with E-state index in [1.807, 2.05) is 60.9 Å². The van der Waals surface area contributed by atoms with E-state index in [0.29, 0.717) is 174 Å². The van der Waals surface area contributed by atoms with Crippen molar-refractivity contribution in [3.8, 4) is 45.0 Å². The summed E-state index contributed by atoms with van der Waals surface area (Å²) in [6, 6.07) is 63.5. The van der Waals surface area contributed by atoms with Crippen molar-refractivity contribution in [3.05, 3.63) is 314 Å². The van der Waals surface area contributed by atoms with E-state index in [1.54, 1.807) is 180 Å². The van der Waals surface area contributed by atoms with E-state index in [1.165, 1.54) is 35.9 Å². The number of benzene rings is 8.